The van der Waals surface area contributed by atoms with Gasteiger partial charge < -0.3 is 14.4 Å². The first-order valence-electron chi connectivity index (χ1n) is 8.05. The molecule has 6 nitrogen and oxygen atoms in total. The monoisotopic (exact) mass is 313 g/mol. The number of carboxylic acid groups (broad SMARTS) is 1. The van der Waals surface area contributed by atoms with Crippen LogP contribution in [0.1, 0.15) is 41.0 Å². The Hall–Kier alpha value is -2.37. The first kappa shape index (κ1) is 14.2. The van der Waals surface area contributed by atoms with Crippen molar-refractivity contribution in [2.45, 2.75) is 26.2 Å². The van der Waals surface area contributed by atoms with Crippen LogP contribution in [0.25, 0.3) is 0 Å². The maximum atomic E-state index is 10.9. The van der Waals surface area contributed by atoms with Crippen molar-refractivity contribution in [1.29, 1.82) is 0 Å². The molecule has 2 aromatic heterocycles. The molecule has 23 heavy (non-hydrogen) atoms. The van der Waals surface area contributed by atoms with E-state index in [1.165, 1.54) is 12.6 Å². The standard InChI is InChI=1S/C17H19N3O3/c1-2-13-10(6-16-18-7-14(23-16)17(21)22)3-4-15(19-13)20-8-11-5-12(11)9-20/h3-4,7,11-12H,2,5-6,8-9H2,1H3,(H,21,22). The lowest BCUT2D eigenvalue weighted by Gasteiger charge is -2.20. The molecular weight excluding hydrogens is 294 g/mol. The minimum atomic E-state index is -1.10. The quantitative estimate of drug-likeness (QED) is 0.913. The fourth-order valence-electron chi connectivity index (χ4n) is 3.40. The van der Waals surface area contributed by atoms with Crippen molar-refractivity contribution in [1.82, 2.24) is 9.97 Å². The van der Waals surface area contributed by atoms with Gasteiger partial charge in [-0.25, -0.2) is 14.8 Å². The van der Waals surface area contributed by atoms with Gasteiger partial charge >= 0.3 is 5.97 Å². The third kappa shape index (κ3) is 2.69. The van der Waals surface area contributed by atoms with Gasteiger partial charge in [-0.2, -0.15) is 0 Å². The van der Waals surface area contributed by atoms with Crippen LogP contribution in [-0.2, 0) is 12.8 Å². The van der Waals surface area contributed by atoms with Crippen molar-refractivity contribution in [3.05, 3.63) is 41.2 Å². The number of aryl methyl sites for hydroxylation is 1. The summed E-state index contributed by atoms with van der Waals surface area (Å²) in [5.74, 6) is 2.00. The summed E-state index contributed by atoms with van der Waals surface area (Å²) in [6.45, 7) is 4.33. The van der Waals surface area contributed by atoms with Gasteiger partial charge in [0.2, 0.25) is 5.76 Å². The Labute approximate surface area is 134 Å². The van der Waals surface area contributed by atoms with Gasteiger partial charge in [-0.3, -0.25) is 0 Å². The first-order valence-corrected chi connectivity index (χ1v) is 8.05. The molecule has 0 radical (unpaired) electrons. The summed E-state index contributed by atoms with van der Waals surface area (Å²) in [6, 6.07) is 4.12. The highest BCUT2D eigenvalue weighted by Gasteiger charge is 2.45. The molecule has 6 heteroatoms. The predicted octanol–water partition coefficient (Wildman–Crippen LogP) is 2.38. The molecule has 3 heterocycles. The molecule has 0 aromatic carbocycles. The summed E-state index contributed by atoms with van der Waals surface area (Å²) in [5, 5.41) is 8.90. The summed E-state index contributed by atoms with van der Waals surface area (Å²) in [6.07, 6.45) is 3.93. The van der Waals surface area contributed by atoms with E-state index < -0.39 is 5.97 Å². The van der Waals surface area contributed by atoms with E-state index in [9.17, 15) is 4.79 Å². The van der Waals surface area contributed by atoms with E-state index in [1.54, 1.807) is 0 Å². The summed E-state index contributed by atoms with van der Waals surface area (Å²) in [5.41, 5.74) is 2.07. The topological polar surface area (TPSA) is 79.5 Å². The van der Waals surface area contributed by atoms with Crippen LogP contribution in [0.4, 0.5) is 5.82 Å². The lowest BCUT2D eigenvalue weighted by atomic mass is 10.1. The second kappa shape index (κ2) is 5.37. The number of aromatic nitrogens is 2. The Morgan fingerprint density at radius 2 is 2.17 bits per heavy atom. The fraction of sp³-hybridized carbons (Fsp3) is 0.471. The number of fused-ring (bicyclic) bond motifs is 1. The van der Waals surface area contributed by atoms with Gasteiger partial charge in [-0.15, -0.1) is 0 Å². The van der Waals surface area contributed by atoms with E-state index in [0.29, 0.717) is 12.3 Å². The van der Waals surface area contributed by atoms with Gasteiger partial charge in [0.25, 0.3) is 0 Å². The van der Waals surface area contributed by atoms with E-state index >= 15 is 0 Å². The van der Waals surface area contributed by atoms with Crippen molar-refractivity contribution in [2.75, 3.05) is 18.0 Å². The minimum absolute atomic E-state index is 0.126. The lowest BCUT2D eigenvalue weighted by Crippen LogP contribution is -2.23. The third-order valence-electron chi connectivity index (χ3n) is 4.80. The molecule has 2 aliphatic rings. The molecular formula is C17H19N3O3. The van der Waals surface area contributed by atoms with Gasteiger partial charge in [0.1, 0.15) is 5.82 Å². The normalized spacial score (nSPS) is 22.2. The SMILES string of the molecule is CCc1nc(N2CC3CC3C2)ccc1Cc1ncc(C(=O)O)o1. The summed E-state index contributed by atoms with van der Waals surface area (Å²) in [7, 11) is 0. The summed E-state index contributed by atoms with van der Waals surface area (Å²) < 4.78 is 5.25. The van der Waals surface area contributed by atoms with Gasteiger partial charge in [-0.1, -0.05) is 13.0 Å². The zero-order chi connectivity index (χ0) is 16.0. The molecule has 120 valence electrons. The number of hydrogen-bond acceptors (Lipinski definition) is 5. The fourth-order valence-corrected chi connectivity index (χ4v) is 3.40. The summed E-state index contributed by atoms with van der Waals surface area (Å²) >= 11 is 0. The van der Waals surface area contributed by atoms with Crippen LogP contribution >= 0.6 is 0 Å². The molecule has 1 aliphatic heterocycles. The summed E-state index contributed by atoms with van der Waals surface area (Å²) in [4.78, 5) is 22.1. The maximum absolute atomic E-state index is 10.9. The molecule has 0 spiro atoms. The molecule has 0 amide bonds. The third-order valence-corrected chi connectivity index (χ3v) is 4.80. The van der Waals surface area contributed by atoms with Crippen molar-refractivity contribution in [3.8, 4) is 0 Å². The number of anilines is 1. The number of carboxylic acids is 1. The van der Waals surface area contributed by atoms with Crippen LogP contribution in [0.5, 0.6) is 0 Å². The van der Waals surface area contributed by atoms with Gasteiger partial charge in [0.15, 0.2) is 5.89 Å². The average molecular weight is 313 g/mol. The number of pyridine rings is 1. The number of piperidine rings is 1. The van der Waals surface area contributed by atoms with Crippen LogP contribution in [0.3, 0.4) is 0 Å². The zero-order valence-electron chi connectivity index (χ0n) is 13.0. The van der Waals surface area contributed by atoms with Crippen LogP contribution in [0.15, 0.2) is 22.7 Å². The van der Waals surface area contributed by atoms with Crippen molar-refractivity contribution in [2.24, 2.45) is 11.8 Å². The number of aromatic carboxylic acids is 1. The highest BCUT2D eigenvalue weighted by Crippen LogP contribution is 2.46. The smallest absolute Gasteiger partial charge is 0.373 e. The van der Waals surface area contributed by atoms with Crippen LogP contribution < -0.4 is 4.90 Å². The number of oxazole rings is 1. The molecule has 4 rings (SSSR count). The van der Waals surface area contributed by atoms with Gasteiger partial charge in [0.05, 0.1) is 12.6 Å². The number of rotatable bonds is 5. The Bertz CT molecular complexity index is 745. The molecule has 2 fully saturated rings. The zero-order valence-corrected chi connectivity index (χ0v) is 13.0. The van der Waals surface area contributed by atoms with Crippen molar-refractivity contribution in [3.63, 3.8) is 0 Å². The molecule has 2 unspecified atom stereocenters. The second-order valence-electron chi connectivity index (χ2n) is 6.39. The molecule has 1 aliphatic carbocycles. The van der Waals surface area contributed by atoms with E-state index in [1.807, 2.05) is 0 Å². The van der Waals surface area contributed by atoms with Gasteiger partial charge in [-0.05, 0) is 36.3 Å². The van der Waals surface area contributed by atoms with E-state index in [-0.39, 0.29) is 5.76 Å². The number of carbonyl (C=O) groups is 1. The van der Waals surface area contributed by atoms with Crippen molar-refractivity contribution < 1.29 is 14.3 Å². The molecule has 1 N–H and O–H groups in total. The Balaban J connectivity index is 1.54. The number of hydrogen-bond donors (Lipinski definition) is 1. The van der Waals surface area contributed by atoms with E-state index in [0.717, 1.165) is 48.4 Å². The molecule has 0 bridgehead atoms. The largest absolute Gasteiger partial charge is 0.475 e. The molecule has 1 saturated carbocycles. The Morgan fingerprint density at radius 1 is 1.39 bits per heavy atom. The van der Waals surface area contributed by atoms with E-state index in [2.05, 4.69) is 28.9 Å². The molecule has 2 atom stereocenters. The number of nitrogens with zero attached hydrogens (tertiary/aromatic N) is 3. The first-order chi connectivity index (χ1) is 11.1. The van der Waals surface area contributed by atoms with Crippen LogP contribution in [0.2, 0.25) is 0 Å². The highest BCUT2D eigenvalue weighted by atomic mass is 16.4. The van der Waals surface area contributed by atoms with E-state index in [4.69, 9.17) is 14.5 Å². The Kier molecular flexibility index (Phi) is 3.32. The minimum Gasteiger partial charge on any atom is -0.475 e. The average Bonchev–Trinajstić information content (AvgIpc) is 2.97. The Morgan fingerprint density at radius 3 is 2.83 bits per heavy atom. The van der Waals surface area contributed by atoms with Crippen molar-refractivity contribution >= 4 is 11.8 Å². The second-order valence-corrected chi connectivity index (χ2v) is 6.39. The molecule has 2 aromatic rings. The predicted molar refractivity (Wildman–Crippen MR) is 83.7 cm³/mol. The lowest BCUT2D eigenvalue weighted by molar-refractivity contribution is 0.0660. The highest BCUT2D eigenvalue weighted by molar-refractivity contribution is 5.83. The van der Waals surface area contributed by atoms with Crippen LogP contribution in [0, 0.1) is 11.8 Å². The molecule has 1 saturated heterocycles. The van der Waals surface area contributed by atoms with Gasteiger partial charge in [0, 0.05) is 18.8 Å². The maximum Gasteiger partial charge on any atom is 0.373 e. The van der Waals surface area contributed by atoms with Crippen LogP contribution in [-0.4, -0.2) is 34.1 Å².